The van der Waals surface area contributed by atoms with E-state index in [1.807, 2.05) is 6.07 Å². The average Bonchev–Trinajstić information content (AvgIpc) is 2.75. The minimum absolute atomic E-state index is 0.170. The number of carbonyl (C=O) groups excluding carboxylic acids is 1. The molecule has 0 saturated carbocycles. The predicted molar refractivity (Wildman–Crippen MR) is 60.1 cm³/mol. The summed E-state index contributed by atoms with van der Waals surface area (Å²) in [5, 5.41) is 2.06. The standard InChI is InChI=1S/C11H16O3S/c1-13-11(12)5-2-7-14-8-6-10-4-3-9-15-10/h3-4,9H,2,5-8H2,1H3. The molecule has 0 fully saturated rings. The van der Waals surface area contributed by atoms with E-state index in [-0.39, 0.29) is 5.97 Å². The molecule has 0 N–H and O–H groups in total. The van der Waals surface area contributed by atoms with Crippen LogP contribution in [0.5, 0.6) is 0 Å². The van der Waals surface area contributed by atoms with Gasteiger partial charge in [-0.25, -0.2) is 0 Å². The first-order chi connectivity index (χ1) is 7.33. The molecular formula is C11H16O3S. The molecule has 0 aliphatic carbocycles. The Morgan fingerprint density at radius 2 is 2.33 bits per heavy atom. The second kappa shape index (κ2) is 7.43. The van der Waals surface area contributed by atoms with E-state index in [2.05, 4.69) is 16.2 Å². The molecule has 1 heterocycles. The van der Waals surface area contributed by atoms with Crippen LogP contribution in [0.2, 0.25) is 0 Å². The van der Waals surface area contributed by atoms with E-state index >= 15 is 0 Å². The van der Waals surface area contributed by atoms with E-state index in [0.29, 0.717) is 13.0 Å². The molecule has 0 bridgehead atoms. The molecule has 0 atom stereocenters. The molecule has 0 aliphatic heterocycles. The van der Waals surface area contributed by atoms with Gasteiger partial charge in [0.1, 0.15) is 0 Å². The normalized spacial score (nSPS) is 10.2. The number of methoxy groups -OCH3 is 1. The number of hydrogen-bond acceptors (Lipinski definition) is 4. The molecule has 1 rings (SSSR count). The highest BCUT2D eigenvalue weighted by molar-refractivity contribution is 7.09. The third-order valence-corrected chi connectivity index (χ3v) is 2.91. The maximum absolute atomic E-state index is 10.8. The predicted octanol–water partition coefficient (Wildman–Crippen LogP) is 2.26. The molecule has 0 aliphatic rings. The molecule has 84 valence electrons. The quantitative estimate of drug-likeness (QED) is 0.530. The van der Waals surface area contributed by atoms with Crippen molar-refractivity contribution in [3.8, 4) is 0 Å². The molecule has 0 saturated heterocycles. The zero-order valence-corrected chi connectivity index (χ0v) is 9.72. The number of carbonyl (C=O) groups is 1. The maximum Gasteiger partial charge on any atom is 0.305 e. The monoisotopic (exact) mass is 228 g/mol. The fourth-order valence-electron chi connectivity index (χ4n) is 1.15. The van der Waals surface area contributed by atoms with Gasteiger partial charge in [0.25, 0.3) is 0 Å². The Kier molecular flexibility index (Phi) is 6.04. The van der Waals surface area contributed by atoms with Crippen molar-refractivity contribution in [2.45, 2.75) is 19.3 Å². The van der Waals surface area contributed by atoms with Crippen LogP contribution < -0.4 is 0 Å². The van der Waals surface area contributed by atoms with E-state index < -0.39 is 0 Å². The Morgan fingerprint density at radius 3 is 3.00 bits per heavy atom. The molecule has 0 amide bonds. The zero-order valence-electron chi connectivity index (χ0n) is 8.90. The summed E-state index contributed by atoms with van der Waals surface area (Å²) in [5.41, 5.74) is 0. The van der Waals surface area contributed by atoms with Crippen molar-refractivity contribution in [3.05, 3.63) is 22.4 Å². The van der Waals surface area contributed by atoms with E-state index in [9.17, 15) is 4.79 Å². The van der Waals surface area contributed by atoms with Crippen molar-refractivity contribution in [2.24, 2.45) is 0 Å². The molecule has 0 aromatic carbocycles. The van der Waals surface area contributed by atoms with Gasteiger partial charge >= 0.3 is 5.97 Å². The van der Waals surface area contributed by atoms with Gasteiger partial charge in [-0.15, -0.1) is 11.3 Å². The SMILES string of the molecule is COC(=O)CCCOCCc1cccs1. The minimum Gasteiger partial charge on any atom is -0.469 e. The second-order valence-corrected chi connectivity index (χ2v) is 4.15. The molecule has 0 radical (unpaired) electrons. The van der Waals surface area contributed by atoms with Crippen LogP contribution in [0.3, 0.4) is 0 Å². The molecule has 4 heteroatoms. The highest BCUT2D eigenvalue weighted by atomic mass is 32.1. The Morgan fingerprint density at radius 1 is 1.47 bits per heavy atom. The van der Waals surface area contributed by atoms with Crippen LogP contribution in [0.25, 0.3) is 0 Å². The van der Waals surface area contributed by atoms with Gasteiger partial charge < -0.3 is 9.47 Å². The third kappa shape index (κ3) is 5.54. The van der Waals surface area contributed by atoms with Gasteiger partial charge in [-0.05, 0) is 17.9 Å². The van der Waals surface area contributed by atoms with Gasteiger partial charge in [0.05, 0.1) is 13.7 Å². The lowest BCUT2D eigenvalue weighted by Gasteiger charge is -2.02. The minimum atomic E-state index is -0.170. The Bertz CT molecular complexity index is 269. The van der Waals surface area contributed by atoms with E-state index in [1.165, 1.54) is 12.0 Å². The van der Waals surface area contributed by atoms with E-state index in [0.717, 1.165) is 19.4 Å². The number of thiophene rings is 1. The summed E-state index contributed by atoms with van der Waals surface area (Å²) in [6, 6.07) is 4.14. The highest BCUT2D eigenvalue weighted by Crippen LogP contribution is 2.08. The first-order valence-corrected chi connectivity index (χ1v) is 5.88. The van der Waals surface area contributed by atoms with Crippen LogP contribution in [-0.2, 0) is 20.7 Å². The van der Waals surface area contributed by atoms with Crippen molar-refractivity contribution in [2.75, 3.05) is 20.3 Å². The first kappa shape index (κ1) is 12.2. The molecule has 15 heavy (non-hydrogen) atoms. The molecule has 0 unspecified atom stereocenters. The smallest absolute Gasteiger partial charge is 0.305 e. The van der Waals surface area contributed by atoms with Crippen LogP contribution in [0, 0.1) is 0 Å². The number of esters is 1. The number of ether oxygens (including phenoxy) is 2. The van der Waals surface area contributed by atoms with Gasteiger partial charge in [0.2, 0.25) is 0 Å². The van der Waals surface area contributed by atoms with Crippen LogP contribution in [-0.4, -0.2) is 26.3 Å². The van der Waals surface area contributed by atoms with Gasteiger partial charge in [0.15, 0.2) is 0 Å². The number of hydrogen-bond donors (Lipinski definition) is 0. The molecule has 3 nitrogen and oxygen atoms in total. The lowest BCUT2D eigenvalue weighted by molar-refractivity contribution is -0.141. The summed E-state index contributed by atoms with van der Waals surface area (Å²) in [5.74, 6) is -0.170. The summed E-state index contributed by atoms with van der Waals surface area (Å²) in [7, 11) is 1.40. The lowest BCUT2D eigenvalue weighted by atomic mass is 10.3. The Hall–Kier alpha value is -0.870. The summed E-state index contributed by atoms with van der Waals surface area (Å²) in [4.78, 5) is 12.1. The van der Waals surface area contributed by atoms with Gasteiger partial charge in [-0.3, -0.25) is 4.79 Å². The second-order valence-electron chi connectivity index (χ2n) is 3.12. The zero-order chi connectivity index (χ0) is 10.9. The lowest BCUT2D eigenvalue weighted by Crippen LogP contribution is -2.04. The topological polar surface area (TPSA) is 35.5 Å². The van der Waals surface area contributed by atoms with E-state index in [4.69, 9.17) is 4.74 Å². The highest BCUT2D eigenvalue weighted by Gasteiger charge is 1.99. The summed E-state index contributed by atoms with van der Waals surface area (Å²) in [6.07, 6.45) is 2.13. The van der Waals surface area contributed by atoms with Crippen molar-refractivity contribution in [1.29, 1.82) is 0 Å². The van der Waals surface area contributed by atoms with Gasteiger partial charge in [-0.1, -0.05) is 6.07 Å². The van der Waals surface area contributed by atoms with E-state index in [1.54, 1.807) is 11.3 Å². The van der Waals surface area contributed by atoms with Crippen molar-refractivity contribution in [3.63, 3.8) is 0 Å². The fourth-order valence-corrected chi connectivity index (χ4v) is 1.84. The van der Waals surface area contributed by atoms with Crippen LogP contribution >= 0.6 is 11.3 Å². The van der Waals surface area contributed by atoms with Crippen molar-refractivity contribution in [1.82, 2.24) is 0 Å². The van der Waals surface area contributed by atoms with Crippen molar-refractivity contribution < 1.29 is 14.3 Å². The summed E-state index contributed by atoms with van der Waals surface area (Å²) in [6.45, 7) is 1.35. The fraction of sp³-hybridized carbons (Fsp3) is 0.545. The van der Waals surface area contributed by atoms with Gasteiger partial charge in [-0.2, -0.15) is 0 Å². The largest absolute Gasteiger partial charge is 0.469 e. The molecular weight excluding hydrogens is 212 g/mol. The van der Waals surface area contributed by atoms with Crippen LogP contribution in [0.1, 0.15) is 17.7 Å². The van der Waals surface area contributed by atoms with Crippen molar-refractivity contribution >= 4 is 17.3 Å². The van der Waals surface area contributed by atoms with Crippen LogP contribution in [0.4, 0.5) is 0 Å². The Labute approximate surface area is 94.0 Å². The first-order valence-electron chi connectivity index (χ1n) is 5.00. The average molecular weight is 228 g/mol. The third-order valence-electron chi connectivity index (χ3n) is 1.97. The molecule has 1 aromatic heterocycles. The van der Waals surface area contributed by atoms with Crippen LogP contribution in [0.15, 0.2) is 17.5 Å². The Balaban J connectivity index is 1.91. The molecule has 1 aromatic rings. The van der Waals surface area contributed by atoms with Gasteiger partial charge in [0, 0.05) is 24.3 Å². The maximum atomic E-state index is 10.8. The summed E-state index contributed by atoms with van der Waals surface area (Å²) >= 11 is 1.74. The number of rotatable bonds is 7. The summed E-state index contributed by atoms with van der Waals surface area (Å²) < 4.78 is 9.92. The molecule has 0 spiro atoms.